The topological polar surface area (TPSA) is 41.5 Å². The average molecular weight is 253 g/mol. The van der Waals surface area contributed by atoms with Gasteiger partial charge in [0.15, 0.2) is 0 Å². The summed E-state index contributed by atoms with van der Waals surface area (Å²) in [5, 5.41) is 13.5. The number of aliphatic hydroxyl groups is 1. The molecule has 3 saturated carbocycles. The zero-order chi connectivity index (χ0) is 12.4. The number of hydrogen-bond acceptors (Lipinski definition) is 3. The maximum absolute atomic E-state index is 9.82. The van der Waals surface area contributed by atoms with Gasteiger partial charge < -0.3 is 15.2 Å². The third-order valence-electron chi connectivity index (χ3n) is 4.97. The number of ether oxygens (including phenoxy) is 1. The van der Waals surface area contributed by atoms with Gasteiger partial charge in [0.2, 0.25) is 0 Å². The van der Waals surface area contributed by atoms with Crippen LogP contribution in [0.5, 0.6) is 0 Å². The van der Waals surface area contributed by atoms with Gasteiger partial charge in [-0.15, -0.1) is 0 Å². The highest BCUT2D eigenvalue weighted by Gasteiger charge is 2.44. The van der Waals surface area contributed by atoms with Gasteiger partial charge in [-0.2, -0.15) is 0 Å². The van der Waals surface area contributed by atoms with Crippen molar-refractivity contribution < 1.29 is 9.84 Å². The molecule has 2 atom stereocenters. The Morgan fingerprint density at radius 2 is 2.00 bits per heavy atom. The molecule has 2 unspecified atom stereocenters. The maximum Gasteiger partial charge on any atom is 0.0616 e. The Labute approximate surface area is 110 Å². The standard InChI is InChI=1S/C15H27NO2/c17-11-15(16-14-5-6-14)8-1-2-13(15)7-9-18-10-12-3-4-12/h12-14,16-17H,1-11H2. The van der Waals surface area contributed by atoms with Crippen molar-refractivity contribution in [2.24, 2.45) is 11.8 Å². The third-order valence-corrected chi connectivity index (χ3v) is 4.97. The van der Waals surface area contributed by atoms with Crippen LogP contribution in [0.15, 0.2) is 0 Å². The lowest BCUT2D eigenvalue weighted by molar-refractivity contribution is 0.0739. The quantitative estimate of drug-likeness (QED) is 0.651. The van der Waals surface area contributed by atoms with Crippen LogP contribution < -0.4 is 5.32 Å². The summed E-state index contributed by atoms with van der Waals surface area (Å²) in [5.41, 5.74) is 0.0180. The zero-order valence-corrected chi connectivity index (χ0v) is 11.4. The van der Waals surface area contributed by atoms with E-state index in [1.165, 1.54) is 38.5 Å². The highest BCUT2D eigenvalue weighted by molar-refractivity contribution is 5.02. The summed E-state index contributed by atoms with van der Waals surface area (Å²) in [6.07, 6.45) is 10.1. The van der Waals surface area contributed by atoms with Crippen molar-refractivity contribution >= 4 is 0 Å². The fraction of sp³-hybridized carbons (Fsp3) is 1.00. The molecule has 0 bridgehead atoms. The van der Waals surface area contributed by atoms with Crippen LogP contribution in [0.1, 0.15) is 51.4 Å². The number of rotatable bonds is 8. The molecular weight excluding hydrogens is 226 g/mol. The maximum atomic E-state index is 9.82. The Balaban J connectivity index is 1.45. The molecule has 0 radical (unpaired) electrons. The lowest BCUT2D eigenvalue weighted by Gasteiger charge is -2.35. The molecule has 18 heavy (non-hydrogen) atoms. The van der Waals surface area contributed by atoms with Crippen LogP contribution in [0.25, 0.3) is 0 Å². The Bertz CT molecular complexity index is 276. The SMILES string of the molecule is OCC1(NC2CC2)CCCC1CCOCC1CC1. The van der Waals surface area contributed by atoms with Gasteiger partial charge in [0.1, 0.15) is 0 Å². The molecular formula is C15H27NO2. The first kappa shape index (κ1) is 12.9. The summed E-state index contributed by atoms with van der Waals surface area (Å²) in [6, 6.07) is 0.685. The van der Waals surface area contributed by atoms with E-state index in [2.05, 4.69) is 5.32 Å². The zero-order valence-electron chi connectivity index (χ0n) is 11.4. The smallest absolute Gasteiger partial charge is 0.0616 e. The summed E-state index contributed by atoms with van der Waals surface area (Å²) >= 11 is 0. The van der Waals surface area contributed by atoms with Crippen molar-refractivity contribution in [2.75, 3.05) is 19.8 Å². The van der Waals surface area contributed by atoms with Gasteiger partial charge in [-0.25, -0.2) is 0 Å². The van der Waals surface area contributed by atoms with Crippen LogP contribution in [-0.4, -0.2) is 36.5 Å². The molecule has 0 amide bonds. The molecule has 104 valence electrons. The molecule has 0 spiro atoms. The molecule has 3 nitrogen and oxygen atoms in total. The van der Waals surface area contributed by atoms with E-state index in [0.717, 1.165) is 32.0 Å². The van der Waals surface area contributed by atoms with Crippen LogP contribution in [0.3, 0.4) is 0 Å². The van der Waals surface area contributed by atoms with Gasteiger partial charge in [-0.1, -0.05) is 6.42 Å². The van der Waals surface area contributed by atoms with E-state index in [1.807, 2.05) is 0 Å². The summed E-state index contributed by atoms with van der Waals surface area (Å²) < 4.78 is 5.77. The van der Waals surface area contributed by atoms with Gasteiger partial charge >= 0.3 is 0 Å². The van der Waals surface area contributed by atoms with Crippen molar-refractivity contribution in [3.05, 3.63) is 0 Å². The molecule has 3 rings (SSSR count). The van der Waals surface area contributed by atoms with E-state index in [0.29, 0.717) is 18.6 Å². The van der Waals surface area contributed by atoms with Crippen LogP contribution >= 0.6 is 0 Å². The molecule has 0 aromatic rings. The Morgan fingerprint density at radius 3 is 2.67 bits per heavy atom. The van der Waals surface area contributed by atoms with E-state index in [9.17, 15) is 5.11 Å². The molecule has 2 N–H and O–H groups in total. The first-order valence-corrected chi connectivity index (χ1v) is 7.79. The summed E-state index contributed by atoms with van der Waals surface area (Å²) in [6.45, 7) is 2.15. The molecule has 0 aromatic heterocycles. The van der Waals surface area contributed by atoms with Crippen molar-refractivity contribution in [1.29, 1.82) is 0 Å². The first-order valence-electron chi connectivity index (χ1n) is 7.79. The summed E-state index contributed by atoms with van der Waals surface area (Å²) in [4.78, 5) is 0. The number of aliphatic hydroxyl groups excluding tert-OH is 1. The Hall–Kier alpha value is -0.120. The fourth-order valence-electron chi connectivity index (χ4n) is 3.40. The Morgan fingerprint density at radius 1 is 1.17 bits per heavy atom. The van der Waals surface area contributed by atoms with Gasteiger partial charge in [-0.3, -0.25) is 0 Å². The number of hydrogen-bond donors (Lipinski definition) is 2. The predicted octanol–water partition coefficient (Wildman–Crippen LogP) is 2.09. The van der Waals surface area contributed by atoms with Gasteiger partial charge in [-0.05, 0) is 56.8 Å². The van der Waals surface area contributed by atoms with Gasteiger partial charge in [0.25, 0.3) is 0 Å². The normalized spacial score (nSPS) is 36.2. The van der Waals surface area contributed by atoms with Crippen LogP contribution in [-0.2, 0) is 4.74 Å². The molecule has 0 aromatic carbocycles. The molecule has 0 heterocycles. The van der Waals surface area contributed by atoms with Crippen molar-refractivity contribution in [1.82, 2.24) is 5.32 Å². The van der Waals surface area contributed by atoms with E-state index in [4.69, 9.17) is 4.74 Å². The van der Waals surface area contributed by atoms with E-state index in [-0.39, 0.29) is 5.54 Å². The highest BCUT2D eigenvalue weighted by Crippen LogP contribution is 2.40. The van der Waals surface area contributed by atoms with Crippen molar-refractivity contribution in [3.63, 3.8) is 0 Å². The second kappa shape index (κ2) is 5.48. The lowest BCUT2D eigenvalue weighted by atomic mass is 9.85. The second-order valence-corrected chi connectivity index (χ2v) is 6.63. The van der Waals surface area contributed by atoms with Gasteiger partial charge in [0, 0.05) is 24.8 Å². The molecule has 0 saturated heterocycles. The minimum absolute atomic E-state index is 0.0180. The van der Waals surface area contributed by atoms with E-state index in [1.54, 1.807) is 0 Å². The van der Waals surface area contributed by atoms with Crippen LogP contribution in [0.2, 0.25) is 0 Å². The van der Waals surface area contributed by atoms with E-state index >= 15 is 0 Å². The third kappa shape index (κ3) is 3.06. The molecule has 3 aliphatic carbocycles. The van der Waals surface area contributed by atoms with Crippen molar-refractivity contribution in [2.45, 2.75) is 62.9 Å². The minimum atomic E-state index is 0.0180. The van der Waals surface area contributed by atoms with Gasteiger partial charge in [0.05, 0.1) is 6.61 Å². The first-order chi connectivity index (χ1) is 8.82. The minimum Gasteiger partial charge on any atom is -0.394 e. The lowest BCUT2D eigenvalue weighted by Crippen LogP contribution is -2.52. The molecule has 3 heteroatoms. The summed E-state index contributed by atoms with van der Waals surface area (Å²) in [7, 11) is 0. The Kier molecular flexibility index (Phi) is 3.92. The molecule has 3 fully saturated rings. The van der Waals surface area contributed by atoms with Crippen LogP contribution in [0.4, 0.5) is 0 Å². The number of nitrogens with one attached hydrogen (secondary N) is 1. The van der Waals surface area contributed by atoms with Crippen LogP contribution in [0, 0.1) is 11.8 Å². The summed E-state index contributed by atoms with van der Waals surface area (Å²) in [5.74, 6) is 1.48. The molecule has 0 aliphatic heterocycles. The average Bonchev–Trinajstić information content (AvgIpc) is 3.27. The largest absolute Gasteiger partial charge is 0.394 e. The molecule has 3 aliphatic rings. The van der Waals surface area contributed by atoms with E-state index < -0.39 is 0 Å². The monoisotopic (exact) mass is 253 g/mol. The predicted molar refractivity (Wildman–Crippen MR) is 71.5 cm³/mol. The highest BCUT2D eigenvalue weighted by atomic mass is 16.5. The fourth-order valence-corrected chi connectivity index (χ4v) is 3.40. The van der Waals surface area contributed by atoms with Crippen molar-refractivity contribution in [3.8, 4) is 0 Å². The second-order valence-electron chi connectivity index (χ2n) is 6.63.